The summed E-state index contributed by atoms with van der Waals surface area (Å²) in [6.45, 7) is 4.74. The highest BCUT2D eigenvalue weighted by Gasteiger charge is 2.38. The Labute approximate surface area is 253 Å². The van der Waals surface area contributed by atoms with Gasteiger partial charge in [0.05, 0.1) is 11.4 Å². The van der Waals surface area contributed by atoms with Gasteiger partial charge in [0, 0.05) is 16.5 Å². The van der Waals surface area contributed by atoms with Crippen LogP contribution in [0.25, 0.3) is 66.7 Å². The maximum atomic E-state index is 5.26. The molecule has 0 unspecified atom stereocenters. The van der Waals surface area contributed by atoms with Crippen LogP contribution in [0, 0.1) is 0 Å². The molecule has 0 saturated heterocycles. The highest BCUT2D eigenvalue weighted by Crippen LogP contribution is 2.55. The van der Waals surface area contributed by atoms with Crippen molar-refractivity contribution in [3.63, 3.8) is 0 Å². The van der Waals surface area contributed by atoms with Gasteiger partial charge >= 0.3 is 0 Å². The number of rotatable bonds is 4. The number of benzene rings is 6. The van der Waals surface area contributed by atoms with Crippen molar-refractivity contribution in [2.24, 2.45) is 0 Å². The molecule has 1 aromatic heterocycles. The Hall–Kier alpha value is -5.27. The van der Waals surface area contributed by atoms with E-state index in [0.29, 0.717) is 0 Å². The molecule has 7 aromatic rings. The molecule has 0 amide bonds. The number of nitrogens with zero attached hydrogens (tertiary/aromatic N) is 1. The van der Waals surface area contributed by atoms with Gasteiger partial charge in [-0.3, -0.25) is 0 Å². The van der Waals surface area contributed by atoms with Gasteiger partial charge in [0.2, 0.25) is 0 Å². The summed E-state index contributed by atoms with van der Waals surface area (Å²) < 4.78 is 0. The number of aromatic nitrogens is 1. The van der Waals surface area contributed by atoms with Crippen LogP contribution in [-0.2, 0) is 5.41 Å². The van der Waals surface area contributed by atoms with E-state index < -0.39 is 0 Å². The highest BCUT2D eigenvalue weighted by molar-refractivity contribution is 6.05. The van der Waals surface area contributed by atoms with E-state index >= 15 is 0 Å². The molecule has 8 rings (SSSR count). The normalized spacial score (nSPS) is 13.1. The summed E-state index contributed by atoms with van der Waals surface area (Å²) in [6, 6.07) is 54.6. The predicted molar refractivity (Wildman–Crippen MR) is 181 cm³/mol. The summed E-state index contributed by atoms with van der Waals surface area (Å²) in [4.78, 5) is 5.26. The van der Waals surface area contributed by atoms with Crippen LogP contribution in [0.4, 0.5) is 0 Å². The predicted octanol–water partition coefficient (Wildman–Crippen LogP) is 11.2. The van der Waals surface area contributed by atoms with Gasteiger partial charge in [-0.15, -0.1) is 0 Å². The Morgan fingerprint density at radius 3 is 1.84 bits per heavy atom. The van der Waals surface area contributed by atoms with Crippen LogP contribution >= 0.6 is 0 Å². The SMILES string of the molecule is CC1(C)c2ccccc2-c2c(-c3cc(-c4ccccc4)nc(-c4cccc(-c5ccccc5)c4)c3)cc3ccccc3c21. The molecule has 0 saturated carbocycles. The molecule has 1 aliphatic carbocycles. The molecular weight excluding hydrogens is 518 g/mol. The molecule has 1 heteroatoms. The number of pyridine rings is 1. The summed E-state index contributed by atoms with van der Waals surface area (Å²) in [5, 5.41) is 2.60. The molecular formula is C42H31N. The molecule has 1 aliphatic rings. The van der Waals surface area contributed by atoms with Gasteiger partial charge in [0.25, 0.3) is 0 Å². The van der Waals surface area contributed by atoms with E-state index in [1.54, 1.807) is 0 Å². The molecule has 0 aliphatic heterocycles. The Kier molecular flexibility index (Phi) is 5.87. The van der Waals surface area contributed by atoms with Gasteiger partial charge < -0.3 is 0 Å². The van der Waals surface area contributed by atoms with E-state index in [4.69, 9.17) is 4.98 Å². The van der Waals surface area contributed by atoms with Crippen LogP contribution in [-0.4, -0.2) is 4.98 Å². The number of hydrogen-bond donors (Lipinski definition) is 0. The Balaban J connectivity index is 1.42. The molecule has 43 heavy (non-hydrogen) atoms. The molecule has 1 heterocycles. The lowest BCUT2D eigenvalue weighted by Crippen LogP contribution is -2.15. The van der Waals surface area contributed by atoms with E-state index in [9.17, 15) is 0 Å². The topological polar surface area (TPSA) is 12.9 Å². The van der Waals surface area contributed by atoms with Crippen LogP contribution in [0.15, 0.2) is 152 Å². The van der Waals surface area contributed by atoms with Crippen molar-refractivity contribution in [1.82, 2.24) is 4.98 Å². The standard InChI is InChI=1S/C42H31N/c1-42(2)37-23-12-11-22-35(37)40-36(25-31-18-9-10-21-34(31)41(40)42)33-26-38(29-16-7-4-8-17-29)43-39(27-33)32-20-13-19-30(24-32)28-14-5-3-6-15-28/h3-27H,1-2H3. The zero-order valence-electron chi connectivity index (χ0n) is 24.4. The van der Waals surface area contributed by atoms with Gasteiger partial charge in [0.1, 0.15) is 0 Å². The third-order valence-electron chi connectivity index (χ3n) is 9.02. The van der Waals surface area contributed by atoms with Crippen molar-refractivity contribution >= 4 is 10.8 Å². The minimum Gasteiger partial charge on any atom is -0.248 e. The van der Waals surface area contributed by atoms with Crippen molar-refractivity contribution < 1.29 is 0 Å². The largest absolute Gasteiger partial charge is 0.248 e. The zero-order chi connectivity index (χ0) is 29.0. The number of hydrogen-bond acceptors (Lipinski definition) is 1. The lowest BCUT2D eigenvalue weighted by Gasteiger charge is -2.24. The lowest BCUT2D eigenvalue weighted by molar-refractivity contribution is 0.666. The summed E-state index contributed by atoms with van der Waals surface area (Å²) in [7, 11) is 0. The van der Waals surface area contributed by atoms with Crippen molar-refractivity contribution in [1.29, 1.82) is 0 Å². The summed E-state index contributed by atoms with van der Waals surface area (Å²) in [5.74, 6) is 0. The van der Waals surface area contributed by atoms with E-state index in [1.807, 2.05) is 0 Å². The fourth-order valence-corrected chi connectivity index (χ4v) is 6.96. The first-order chi connectivity index (χ1) is 21.1. The average Bonchev–Trinajstić information content (AvgIpc) is 3.32. The molecule has 0 atom stereocenters. The molecule has 1 nitrogen and oxygen atoms in total. The second-order valence-electron chi connectivity index (χ2n) is 12.0. The Morgan fingerprint density at radius 1 is 0.442 bits per heavy atom. The zero-order valence-corrected chi connectivity index (χ0v) is 24.4. The third-order valence-corrected chi connectivity index (χ3v) is 9.02. The molecule has 0 spiro atoms. The second kappa shape index (κ2) is 9.93. The van der Waals surface area contributed by atoms with E-state index in [-0.39, 0.29) is 5.41 Å². The maximum absolute atomic E-state index is 5.26. The van der Waals surface area contributed by atoms with Crippen molar-refractivity contribution in [3.05, 3.63) is 163 Å². The van der Waals surface area contributed by atoms with Crippen LogP contribution in [0.5, 0.6) is 0 Å². The number of fused-ring (bicyclic) bond motifs is 5. The smallest absolute Gasteiger partial charge is 0.0715 e. The third kappa shape index (κ3) is 4.20. The van der Waals surface area contributed by atoms with Gasteiger partial charge in [-0.25, -0.2) is 4.98 Å². The minimum absolute atomic E-state index is 0.107. The maximum Gasteiger partial charge on any atom is 0.0715 e. The molecule has 204 valence electrons. The van der Waals surface area contributed by atoms with Crippen LogP contribution in [0.2, 0.25) is 0 Å². The minimum atomic E-state index is -0.107. The highest BCUT2D eigenvalue weighted by atomic mass is 14.7. The fraction of sp³-hybridized carbons (Fsp3) is 0.0714. The second-order valence-corrected chi connectivity index (χ2v) is 12.0. The molecule has 0 bridgehead atoms. The van der Waals surface area contributed by atoms with Crippen LogP contribution < -0.4 is 0 Å². The Morgan fingerprint density at radius 2 is 1.05 bits per heavy atom. The van der Waals surface area contributed by atoms with Gasteiger partial charge in [0.15, 0.2) is 0 Å². The van der Waals surface area contributed by atoms with Gasteiger partial charge in [-0.2, -0.15) is 0 Å². The van der Waals surface area contributed by atoms with Crippen LogP contribution in [0.1, 0.15) is 25.0 Å². The average molecular weight is 550 g/mol. The Bertz CT molecular complexity index is 2140. The van der Waals surface area contributed by atoms with Crippen molar-refractivity contribution in [2.45, 2.75) is 19.3 Å². The first kappa shape index (κ1) is 25.4. The van der Waals surface area contributed by atoms with E-state index in [2.05, 4.69) is 166 Å². The first-order valence-corrected chi connectivity index (χ1v) is 15.0. The van der Waals surface area contributed by atoms with E-state index in [0.717, 1.165) is 22.5 Å². The van der Waals surface area contributed by atoms with Gasteiger partial charge in [-0.05, 0) is 79.5 Å². The summed E-state index contributed by atoms with van der Waals surface area (Å²) >= 11 is 0. The lowest BCUT2D eigenvalue weighted by atomic mass is 9.79. The van der Waals surface area contributed by atoms with Crippen molar-refractivity contribution in [3.8, 4) is 55.9 Å². The summed E-state index contributed by atoms with van der Waals surface area (Å²) in [6.07, 6.45) is 0. The first-order valence-electron chi connectivity index (χ1n) is 15.0. The molecule has 0 radical (unpaired) electrons. The fourth-order valence-electron chi connectivity index (χ4n) is 6.96. The van der Waals surface area contributed by atoms with Crippen molar-refractivity contribution in [2.75, 3.05) is 0 Å². The monoisotopic (exact) mass is 549 g/mol. The molecule has 6 aromatic carbocycles. The molecule has 0 N–H and O–H groups in total. The summed E-state index contributed by atoms with van der Waals surface area (Å²) in [5.41, 5.74) is 14.4. The van der Waals surface area contributed by atoms with Gasteiger partial charge in [-0.1, -0.05) is 141 Å². The quantitative estimate of drug-likeness (QED) is 0.213. The van der Waals surface area contributed by atoms with Crippen LogP contribution in [0.3, 0.4) is 0 Å². The van der Waals surface area contributed by atoms with E-state index in [1.165, 1.54) is 55.3 Å². The molecule has 0 fully saturated rings.